The summed E-state index contributed by atoms with van der Waals surface area (Å²) >= 11 is 0. The van der Waals surface area contributed by atoms with Crippen molar-refractivity contribution in [3.05, 3.63) is 54.1 Å². The summed E-state index contributed by atoms with van der Waals surface area (Å²) in [4.78, 5) is 16.4. The van der Waals surface area contributed by atoms with E-state index in [0.29, 0.717) is 55.8 Å². The first-order valence-electron chi connectivity index (χ1n) is 9.12. The number of para-hydroxylation sites is 1. The third-order valence-electron chi connectivity index (χ3n) is 4.55. The lowest BCUT2D eigenvalue weighted by atomic mass is 9.97. The molecule has 0 radical (unpaired) electrons. The molecule has 0 saturated carbocycles. The van der Waals surface area contributed by atoms with Crippen molar-refractivity contribution >= 4 is 5.91 Å². The van der Waals surface area contributed by atoms with Crippen LogP contribution in [0.4, 0.5) is 0 Å². The largest absolute Gasteiger partial charge is 0.493 e. The summed E-state index contributed by atoms with van der Waals surface area (Å²) in [6, 6.07) is 11.6. The summed E-state index contributed by atoms with van der Waals surface area (Å²) in [6.45, 7) is 1.26. The van der Waals surface area contributed by atoms with Crippen LogP contribution in [0, 0.1) is 5.92 Å². The highest BCUT2D eigenvalue weighted by Crippen LogP contribution is 2.26. The Bertz CT molecular complexity index is 888. The van der Waals surface area contributed by atoms with E-state index in [2.05, 4.69) is 21.5 Å². The highest BCUT2D eigenvalue weighted by Gasteiger charge is 2.20. The third kappa shape index (κ3) is 4.36. The lowest BCUT2D eigenvalue weighted by Crippen LogP contribution is -2.34. The fraction of sp³-hybridized carbons (Fsp3) is 0.350. The van der Waals surface area contributed by atoms with Crippen LogP contribution in [0.1, 0.15) is 24.3 Å². The van der Waals surface area contributed by atoms with Gasteiger partial charge in [-0.25, -0.2) is 0 Å². The van der Waals surface area contributed by atoms with Gasteiger partial charge in [-0.15, -0.1) is 0 Å². The normalized spacial score (nSPS) is 15.8. The van der Waals surface area contributed by atoms with Crippen molar-refractivity contribution in [1.29, 1.82) is 0 Å². The molecule has 7 heteroatoms. The van der Waals surface area contributed by atoms with Gasteiger partial charge < -0.3 is 19.0 Å². The van der Waals surface area contributed by atoms with Crippen LogP contribution in [0.5, 0.6) is 5.75 Å². The molecule has 0 unspecified atom stereocenters. The Morgan fingerprint density at radius 3 is 3.04 bits per heavy atom. The van der Waals surface area contributed by atoms with Gasteiger partial charge in [-0.05, 0) is 36.6 Å². The van der Waals surface area contributed by atoms with Crippen molar-refractivity contribution in [2.45, 2.75) is 25.7 Å². The third-order valence-corrected chi connectivity index (χ3v) is 4.55. The van der Waals surface area contributed by atoms with E-state index in [1.165, 1.54) is 5.56 Å². The minimum atomic E-state index is 0.0274. The van der Waals surface area contributed by atoms with Crippen LogP contribution in [0.2, 0.25) is 0 Å². The molecule has 7 nitrogen and oxygen atoms in total. The van der Waals surface area contributed by atoms with Gasteiger partial charge in [0, 0.05) is 25.3 Å². The van der Waals surface area contributed by atoms with Gasteiger partial charge >= 0.3 is 0 Å². The van der Waals surface area contributed by atoms with E-state index >= 15 is 0 Å². The van der Waals surface area contributed by atoms with E-state index in [0.717, 1.165) is 12.2 Å². The number of carbonyl (C=O) groups is 1. The van der Waals surface area contributed by atoms with E-state index in [9.17, 15) is 4.79 Å². The molecule has 1 amide bonds. The minimum Gasteiger partial charge on any atom is -0.493 e. The van der Waals surface area contributed by atoms with Crippen LogP contribution >= 0.6 is 0 Å². The summed E-state index contributed by atoms with van der Waals surface area (Å²) in [5.74, 6) is 2.78. The minimum absolute atomic E-state index is 0.0274. The van der Waals surface area contributed by atoms with Crippen LogP contribution in [0.25, 0.3) is 11.6 Å². The summed E-state index contributed by atoms with van der Waals surface area (Å²) < 4.78 is 16.2. The summed E-state index contributed by atoms with van der Waals surface area (Å²) in [5, 5.41) is 6.87. The monoisotopic (exact) mass is 367 g/mol. The number of aryl methyl sites for hydroxylation is 1. The smallest absolute Gasteiger partial charge is 0.238 e. The summed E-state index contributed by atoms with van der Waals surface area (Å²) in [6.07, 6.45) is 4.11. The Morgan fingerprint density at radius 2 is 2.15 bits per heavy atom. The van der Waals surface area contributed by atoms with Crippen molar-refractivity contribution < 1.29 is 18.5 Å². The number of hydrogen-bond acceptors (Lipinski definition) is 6. The molecule has 1 aliphatic rings. The van der Waals surface area contributed by atoms with Crippen molar-refractivity contribution in [3.63, 3.8) is 0 Å². The maximum absolute atomic E-state index is 12.1. The first kappa shape index (κ1) is 17.3. The summed E-state index contributed by atoms with van der Waals surface area (Å²) in [7, 11) is 0. The van der Waals surface area contributed by atoms with Gasteiger partial charge in [0.05, 0.1) is 12.9 Å². The second-order valence-corrected chi connectivity index (χ2v) is 6.64. The van der Waals surface area contributed by atoms with Crippen LogP contribution in [0.3, 0.4) is 0 Å². The number of rotatable bonds is 7. The zero-order valence-electron chi connectivity index (χ0n) is 14.9. The van der Waals surface area contributed by atoms with Gasteiger partial charge in [0.15, 0.2) is 5.76 Å². The highest BCUT2D eigenvalue weighted by atomic mass is 16.5. The first-order valence-corrected chi connectivity index (χ1v) is 9.12. The number of nitrogens with one attached hydrogen (secondary N) is 1. The molecule has 140 valence electrons. The van der Waals surface area contributed by atoms with E-state index in [-0.39, 0.29) is 5.91 Å². The molecule has 0 spiro atoms. The number of amides is 1. The average Bonchev–Trinajstić information content (AvgIpc) is 3.38. The molecule has 0 fully saturated rings. The molecule has 1 N–H and O–H groups in total. The fourth-order valence-corrected chi connectivity index (χ4v) is 3.13. The fourth-order valence-electron chi connectivity index (χ4n) is 3.13. The topological polar surface area (TPSA) is 90.4 Å². The number of fused-ring (bicyclic) bond motifs is 1. The van der Waals surface area contributed by atoms with Gasteiger partial charge in [0.1, 0.15) is 5.75 Å². The van der Waals surface area contributed by atoms with Gasteiger partial charge in [0.25, 0.3) is 0 Å². The Kier molecular flexibility index (Phi) is 5.18. The molecule has 3 aromatic rings. The average molecular weight is 367 g/mol. The summed E-state index contributed by atoms with van der Waals surface area (Å²) in [5.41, 5.74) is 1.20. The number of ether oxygens (including phenoxy) is 1. The standard InChI is InChI=1S/C20H21N3O4/c24-18(21-12-14-11-15-5-1-2-6-16(15)26-13-14)8-3-9-19-22-20(23-27-19)17-7-4-10-25-17/h1-2,4-7,10,14H,3,8-9,11-13H2,(H,21,24)/t14-/m1/s1. The van der Waals surface area contributed by atoms with Crippen LogP contribution in [-0.2, 0) is 17.6 Å². The van der Waals surface area contributed by atoms with Crippen LogP contribution in [-0.4, -0.2) is 29.2 Å². The second-order valence-electron chi connectivity index (χ2n) is 6.64. The van der Waals surface area contributed by atoms with E-state index < -0.39 is 0 Å². The van der Waals surface area contributed by atoms with Crippen molar-refractivity contribution in [3.8, 4) is 17.3 Å². The molecule has 0 aliphatic carbocycles. The molecule has 0 saturated heterocycles. The Morgan fingerprint density at radius 1 is 1.22 bits per heavy atom. The molecule has 1 atom stereocenters. The predicted molar refractivity (Wildman–Crippen MR) is 97.1 cm³/mol. The van der Waals surface area contributed by atoms with Gasteiger partial charge in [0.2, 0.25) is 17.6 Å². The molecule has 3 heterocycles. The van der Waals surface area contributed by atoms with E-state index in [4.69, 9.17) is 13.7 Å². The van der Waals surface area contributed by atoms with Gasteiger partial charge in [-0.3, -0.25) is 4.79 Å². The van der Waals surface area contributed by atoms with Gasteiger partial charge in [-0.1, -0.05) is 23.4 Å². The SMILES string of the molecule is O=C(CCCc1nc(-c2ccco2)no1)NC[C@@H]1COc2ccccc2C1. The van der Waals surface area contributed by atoms with Crippen molar-refractivity contribution in [1.82, 2.24) is 15.5 Å². The number of hydrogen-bond donors (Lipinski definition) is 1. The van der Waals surface area contributed by atoms with Gasteiger partial charge in [-0.2, -0.15) is 4.98 Å². The Labute approximate surface area is 156 Å². The zero-order chi connectivity index (χ0) is 18.5. The van der Waals surface area contributed by atoms with Crippen LogP contribution < -0.4 is 10.1 Å². The van der Waals surface area contributed by atoms with E-state index in [1.807, 2.05) is 18.2 Å². The number of benzene rings is 1. The molecule has 0 bridgehead atoms. The number of aromatic nitrogens is 2. The van der Waals surface area contributed by atoms with Crippen molar-refractivity contribution in [2.24, 2.45) is 5.92 Å². The maximum atomic E-state index is 12.1. The highest BCUT2D eigenvalue weighted by molar-refractivity contribution is 5.75. The predicted octanol–water partition coefficient (Wildman–Crippen LogP) is 3.02. The number of nitrogens with zero attached hydrogens (tertiary/aromatic N) is 2. The molecule has 1 aliphatic heterocycles. The van der Waals surface area contributed by atoms with E-state index in [1.54, 1.807) is 18.4 Å². The number of furan rings is 1. The molecular formula is C20H21N3O4. The Balaban J connectivity index is 1.17. The molecule has 2 aromatic heterocycles. The molecule has 4 rings (SSSR count). The molecule has 1 aromatic carbocycles. The zero-order valence-corrected chi connectivity index (χ0v) is 14.9. The number of carbonyl (C=O) groups excluding carboxylic acids is 1. The quantitative estimate of drug-likeness (QED) is 0.690. The maximum Gasteiger partial charge on any atom is 0.238 e. The lowest BCUT2D eigenvalue weighted by molar-refractivity contribution is -0.121. The second kappa shape index (κ2) is 8.07. The first-order chi connectivity index (χ1) is 13.3. The molecule has 27 heavy (non-hydrogen) atoms. The lowest BCUT2D eigenvalue weighted by Gasteiger charge is -2.25. The Hall–Kier alpha value is -3.09. The van der Waals surface area contributed by atoms with Crippen molar-refractivity contribution in [2.75, 3.05) is 13.2 Å². The van der Waals surface area contributed by atoms with Crippen LogP contribution in [0.15, 0.2) is 51.6 Å². The molecular weight excluding hydrogens is 346 g/mol.